The second kappa shape index (κ2) is 14.1. The lowest BCUT2D eigenvalue weighted by atomic mass is 9.66. The van der Waals surface area contributed by atoms with Gasteiger partial charge in [-0.2, -0.15) is 0 Å². The van der Waals surface area contributed by atoms with E-state index in [9.17, 15) is 24.9 Å². The van der Waals surface area contributed by atoms with Crippen molar-refractivity contribution < 1.29 is 39.5 Å². The molecule has 0 aromatic heterocycles. The van der Waals surface area contributed by atoms with Gasteiger partial charge in [-0.3, -0.25) is 4.79 Å². The van der Waals surface area contributed by atoms with Gasteiger partial charge in [-0.1, -0.05) is 64.1 Å². The minimum absolute atomic E-state index is 0.0128. The quantitative estimate of drug-likeness (QED) is 0.269. The van der Waals surface area contributed by atoms with E-state index in [0.29, 0.717) is 25.0 Å². The van der Waals surface area contributed by atoms with Gasteiger partial charge in [-0.15, -0.1) is 0 Å². The van der Waals surface area contributed by atoms with Gasteiger partial charge in [0.25, 0.3) is 0 Å². The third kappa shape index (κ3) is 8.40. The number of ether oxygens (including phenoxy) is 2. The van der Waals surface area contributed by atoms with Crippen LogP contribution in [-0.2, 0) is 14.3 Å². The zero-order chi connectivity index (χ0) is 28.7. The lowest BCUT2D eigenvalue weighted by Crippen LogP contribution is -2.44. The molecule has 2 aliphatic rings. The van der Waals surface area contributed by atoms with Crippen molar-refractivity contribution in [2.24, 2.45) is 17.8 Å². The molecule has 0 amide bonds. The van der Waals surface area contributed by atoms with Crippen LogP contribution in [0.15, 0.2) is 48.1 Å². The number of allylic oxidation sites excluding steroid dienone is 2. The number of hydrogen-bond acceptors (Lipinski definition) is 7. The van der Waals surface area contributed by atoms with Gasteiger partial charge in [0.05, 0.1) is 24.7 Å². The van der Waals surface area contributed by atoms with E-state index in [1.165, 1.54) is 0 Å². The van der Waals surface area contributed by atoms with E-state index in [2.05, 4.69) is 26.8 Å². The summed E-state index contributed by atoms with van der Waals surface area (Å²) in [6, 6.07) is 7.67. The van der Waals surface area contributed by atoms with Gasteiger partial charge in [-0.05, 0) is 60.6 Å². The standard InChI is InChI=1S/C31H44O8/c1-5-26(38-27-9-7-6-8-24(27)18(2)3)31(37)39-28-16-22(33)14-20-11-10-19(4)25(30(20)28)13-12-21(32)15-23(34)17-29(35)36/h6-11,14,18-19,21-23,25-26,28,30,32-34H,5,12-13,15-17H2,1-4H3,(H,35,36)/t19-,21-,22-,23-,25+,26+,28+,30+/m1/s1. The van der Waals surface area contributed by atoms with Gasteiger partial charge in [-0.25, -0.2) is 4.79 Å². The molecule has 0 unspecified atom stereocenters. The summed E-state index contributed by atoms with van der Waals surface area (Å²) >= 11 is 0. The molecule has 0 saturated heterocycles. The van der Waals surface area contributed by atoms with Crippen molar-refractivity contribution in [2.45, 2.75) is 103 Å². The van der Waals surface area contributed by atoms with Gasteiger partial charge in [0.1, 0.15) is 11.9 Å². The smallest absolute Gasteiger partial charge is 0.347 e. The van der Waals surface area contributed by atoms with Crippen LogP contribution in [0, 0.1) is 17.8 Å². The van der Waals surface area contributed by atoms with E-state index >= 15 is 0 Å². The highest BCUT2D eigenvalue weighted by molar-refractivity contribution is 5.75. The average Bonchev–Trinajstić information content (AvgIpc) is 2.86. The van der Waals surface area contributed by atoms with Crippen LogP contribution in [0.2, 0.25) is 0 Å². The fourth-order valence-corrected chi connectivity index (χ4v) is 5.83. The average molecular weight is 545 g/mol. The minimum Gasteiger partial charge on any atom is -0.481 e. The minimum atomic E-state index is -1.11. The SMILES string of the molecule is CC[C@H](Oc1ccccc1C(C)C)C(=O)O[C@H]1C[C@H](O)C=C2C=C[C@@H](C)[C@H](CC[C@@H](O)C[C@@H](O)CC(=O)O)[C@H]21. The molecule has 8 atom stereocenters. The highest BCUT2D eigenvalue weighted by atomic mass is 16.6. The zero-order valence-corrected chi connectivity index (χ0v) is 23.4. The van der Waals surface area contributed by atoms with Gasteiger partial charge in [0.15, 0.2) is 6.10 Å². The summed E-state index contributed by atoms with van der Waals surface area (Å²) in [6.07, 6.45) is 3.06. The molecule has 0 heterocycles. The van der Waals surface area contributed by atoms with E-state index < -0.39 is 48.9 Å². The van der Waals surface area contributed by atoms with Gasteiger partial charge in [0.2, 0.25) is 0 Å². The molecule has 1 aromatic carbocycles. The van der Waals surface area contributed by atoms with Crippen LogP contribution in [0.4, 0.5) is 0 Å². The van der Waals surface area contributed by atoms with Crippen LogP contribution in [0.25, 0.3) is 0 Å². The Morgan fingerprint density at radius 1 is 1.13 bits per heavy atom. The number of aliphatic hydroxyl groups is 3. The third-order valence-corrected chi connectivity index (χ3v) is 7.87. The molecular formula is C31H44O8. The van der Waals surface area contributed by atoms with Crippen molar-refractivity contribution in [3.05, 3.63) is 53.6 Å². The highest BCUT2D eigenvalue weighted by Gasteiger charge is 2.42. The largest absolute Gasteiger partial charge is 0.481 e. The van der Waals surface area contributed by atoms with Crippen LogP contribution >= 0.6 is 0 Å². The van der Waals surface area contributed by atoms with Crippen molar-refractivity contribution in [3.8, 4) is 5.75 Å². The first kappa shape index (κ1) is 30.9. The van der Waals surface area contributed by atoms with Crippen LogP contribution in [0.3, 0.4) is 0 Å². The summed E-state index contributed by atoms with van der Waals surface area (Å²) < 4.78 is 12.2. The van der Waals surface area contributed by atoms with Gasteiger partial charge < -0.3 is 29.9 Å². The Hall–Kier alpha value is -2.68. The summed E-state index contributed by atoms with van der Waals surface area (Å²) in [4.78, 5) is 24.2. The van der Waals surface area contributed by atoms with E-state index in [1.54, 1.807) is 0 Å². The van der Waals surface area contributed by atoms with Crippen molar-refractivity contribution in [2.75, 3.05) is 0 Å². The van der Waals surface area contributed by atoms with Gasteiger partial charge >= 0.3 is 11.9 Å². The Balaban J connectivity index is 1.73. The Bertz CT molecular complexity index is 1030. The van der Waals surface area contributed by atoms with E-state index in [4.69, 9.17) is 14.6 Å². The van der Waals surface area contributed by atoms with E-state index in [-0.39, 0.29) is 36.5 Å². The third-order valence-electron chi connectivity index (χ3n) is 7.87. The Morgan fingerprint density at radius 2 is 1.85 bits per heavy atom. The van der Waals surface area contributed by atoms with Crippen LogP contribution in [-0.4, -0.2) is 62.9 Å². The van der Waals surface area contributed by atoms with E-state index in [0.717, 1.165) is 11.1 Å². The number of hydrogen-bond donors (Lipinski definition) is 4. The number of carbonyl (C=O) groups is 2. The fraction of sp³-hybridized carbons (Fsp3) is 0.613. The van der Waals surface area contributed by atoms with Gasteiger partial charge in [0, 0.05) is 12.3 Å². The predicted octanol–water partition coefficient (Wildman–Crippen LogP) is 4.38. The molecule has 0 radical (unpaired) electrons. The number of benzene rings is 1. The monoisotopic (exact) mass is 544 g/mol. The van der Waals surface area contributed by atoms with Crippen molar-refractivity contribution in [1.29, 1.82) is 0 Å². The summed E-state index contributed by atoms with van der Waals surface area (Å²) in [5.74, 6) is -0.680. The summed E-state index contributed by atoms with van der Waals surface area (Å²) in [5.41, 5.74) is 1.93. The van der Waals surface area contributed by atoms with Crippen molar-refractivity contribution in [3.63, 3.8) is 0 Å². The molecule has 0 fully saturated rings. The topological polar surface area (TPSA) is 134 Å². The first-order valence-electron chi connectivity index (χ1n) is 14.1. The molecular weight excluding hydrogens is 500 g/mol. The molecule has 4 N–H and O–H groups in total. The van der Waals surface area contributed by atoms with Crippen molar-refractivity contribution >= 4 is 11.9 Å². The predicted molar refractivity (Wildman–Crippen MR) is 147 cm³/mol. The molecule has 0 saturated carbocycles. The zero-order valence-electron chi connectivity index (χ0n) is 23.4. The number of para-hydroxylation sites is 1. The molecule has 216 valence electrons. The number of rotatable bonds is 13. The Kier molecular flexibility index (Phi) is 11.2. The number of aliphatic hydroxyl groups excluding tert-OH is 3. The number of carboxylic acid groups (broad SMARTS) is 1. The summed E-state index contributed by atoms with van der Waals surface area (Å²) in [5, 5.41) is 39.8. The number of esters is 1. The molecule has 8 nitrogen and oxygen atoms in total. The van der Waals surface area contributed by atoms with Crippen molar-refractivity contribution in [1.82, 2.24) is 0 Å². The van der Waals surface area contributed by atoms with Crippen LogP contribution < -0.4 is 4.74 Å². The Morgan fingerprint density at radius 3 is 2.51 bits per heavy atom. The normalized spacial score (nSPS) is 26.8. The molecule has 3 rings (SSSR count). The van der Waals surface area contributed by atoms with E-state index in [1.807, 2.05) is 43.3 Å². The number of carboxylic acids is 1. The first-order valence-corrected chi connectivity index (χ1v) is 14.1. The molecule has 39 heavy (non-hydrogen) atoms. The number of fused-ring (bicyclic) bond motifs is 1. The number of carbonyl (C=O) groups excluding carboxylic acids is 1. The molecule has 1 aromatic rings. The maximum absolute atomic E-state index is 13.4. The molecule has 0 bridgehead atoms. The van der Waals surface area contributed by atoms with Crippen LogP contribution in [0.5, 0.6) is 5.75 Å². The molecule has 8 heteroatoms. The highest BCUT2D eigenvalue weighted by Crippen LogP contribution is 2.44. The number of aliphatic carboxylic acids is 1. The maximum atomic E-state index is 13.4. The summed E-state index contributed by atoms with van der Waals surface area (Å²) in [6.45, 7) is 8.09. The second-order valence-electron chi connectivity index (χ2n) is 11.3. The summed E-state index contributed by atoms with van der Waals surface area (Å²) in [7, 11) is 0. The van der Waals surface area contributed by atoms with Crippen LogP contribution in [0.1, 0.15) is 77.7 Å². The fourth-order valence-electron chi connectivity index (χ4n) is 5.83. The lowest BCUT2D eigenvalue weighted by molar-refractivity contribution is -0.163. The Labute approximate surface area is 231 Å². The first-order chi connectivity index (χ1) is 18.5. The maximum Gasteiger partial charge on any atom is 0.347 e. The second-order valence-corrected chi connectivity index (χ2v) is 11.3. The molecule has 0 aliphatic heterocycles. The lowest BCUT2D eigenvalue weighted by Gasteiger charge is -2.43. The molecule has 0 spiro atoms. The molecule has 2 aliphatic carbocycles.